The number of anilines is 1. The molecule has 0 heterocycles. The molecule has 0 aliphatic rings. The Hall–Kier alpha value is -2.32. The van der Waals surface area contributed by atoms with Crippen LogP contribution in [0.4, 0.5) is 5.69 Å². The van der Waals surface area contributed by atoms with Crippen LogP contribution in [0.2, 0.25) is 0 Å². The summed E-state index contributed by atoms with van der Waals surface area (Å²) in [5.74, 6) is 0. The molecule has 19 heavy (non-hydrogen) atoms. The lowest BCUT2D eigenvalue weighted by atomic mass is 10.2. The minimum atomic E-state index is -3.63. The highest BCUT2D eigenvalue weighted by atomic mass is 32.2. The van der Waals surface area contributed by atoms with Crippen molar-refractivity contribution in [2.75, 3.05) is 4.72 Å². The van der Waals surface area contributed by atoms with E-state index in [1.807, 2.05) is 12.1 Å². The van der Waals surface area contributed by atoms with Crippen molar-refractivity contribution >= 4 is 15.7 Å². The highest BCUT2D eigenvalue weighted by Gasteiger charge is 2.16. The topological polar surface area (TPSA) is 70.0 Å². The molecule has 1 N–H and O–H groups in total. The molecule has 0 spiro atoms. The quantitative estimate of drug-likeness (QED) is 0.933. The Morgan fingerprint density at radius 3 is 2.37 bits per heavy atom. The van der Waals surface area contributed by atoms with Crippen LogP contribution in [0.1, 0.15) is 11.1 Å². The number of sulfonamides is 1. The standard InChI is InChI=1S/C14H12N2O2S/c1-11-9-12(10-15)7-8-14(11)19(17,18)16-13-5-3-2-4-6-13/h2-9,16H,1H3. The molecule has 0 radical (unpaired) electrons. The van der Waals surface area contributed by atoms with Crippen LogP contribution in [0, 0.1) is 18.3 Å². The number of aryl methyl sites for hydroxylation is 1. The van der Waals surface area contributed by atoms with Crippen molar-refractivity contribution in [3.8, 4) is 6.07 Å². The van der Waals surface area contributed by atoms with Gasteiger partial charge in [-0.15, -0.1) is 0 Å². The van der Waals surface area contributed by atoms with Gasteiger partial charge in [-0.1, -0.05) is 18.2 Å². The molecule has 0 atom stereocenters. The average molecular weight is 272 g/mol. The lowest BCUT2D eigenvalue weighted by Crippen LogP contribution is -2.14. The van der Waals surface area contributed by atoms with Crippen LogP contribution in [0.25, 0.3) is 0 Å². The molecule has 0 aliphatic heterocycles. The normalized spacial score (nSPS) is 10.7. The molecular formula is C14H12N2O2S. The molecule has 0 bridgehead atoms. The van der Waals surface area contributed by atoms with Crippen LogP contribution in [-0.2, 0) is 10.0 Å². The van der Waals surface area contributed by atoms with Gasteiger partial charge in [-0.2, -0.15) is 5.26 Å². The Morgan fingerprint density at radius 2 is 1.79 bits per heavy atom. The van der Waals surface area contributed by atoms with Gasteiger partial charge in [0.15, 0.2) is 0 Å². The van der Waals surface area contributed by atoms with E-state index in [-0.39, 0.29) is 4.90 Å². The van der Waals surface area contributed by atoms with Gasteiger partial charge in [0.25, 0.3) is 10.0 Å². The van der Waals surface area contributed by atoms with Gasteiger partial charge in [0.1, 0.15) is 0 Å². The van der Waals surface area contributed by atoms with Gasteiger partial charge in [0.2, 0.25) is 0 Å². The largest absolute Gasteiger partial charge is 0.280 e. The monoisotopic (exact) mass is 272 g/mol. The van der Waals surface area contributed by atoms with Gasteiger partial charge < -0.3 is 0 Å². The molecule has 0 aliphatic carbocycles. The zero-order chi connectivity index (χ0) is 13.9. The maximum absolute atomic E-state index is 12.2. The van der Waals surface area contributed by atoms with Crippen molar-refractivity contribution in [3.05, 3.63) is 59.7 Å². The summed E-state index contributed by atoms with van der Waals surface area (Å²) in [6, 6.07) is 15.1. The van der Waals surface area contributed by atoms with E-state index in [0.29, 0.717) is 16.8 Å². The second-order valence-corrected chi connectivity index (χ2v) is 5.71. The third kappa shape index (κ3) is 2.92. The summed E-state index contributed by atoms with van der Waals surface area (Å²) in [6.07, 6.45) is 0. The third-order valence-electron chi connectivity index (χ3n) is 2.62. The van der Waals surface area contributed by atoms with Crippen LogP contribution < -0.4 is 4.72 Å². The first-order valence-electron chi connectivity index (χ1n) is 5.61. The van der Waals surface area contributed by atoms with E-state index in [1.165, 1.54) is 12.1 Å². The number of hydrogen-bond acceptors (Lipinski definition) is 3. The fourth-order valence-corrected chi connectivity index (χ4v) is 3.02. The first kappa shape index (κ1) is 13.1. The van der Waals surface area contributed by atoms with E-state index >= 15 is 0 Å². The van der Waals surface area contributed by atoms with Crippen molar-refractivity contribution in [1.29, 1.82) is 5.26 Å². The molecule has 2 aromatic carbocycles. The Labute approximate surface area is 112 Å². The summed E-state index contributed by atoms with van der Waals surface area (Å²) in [5, 5.41) is 8.78. The zero-order valence-electron chi connectivity index (χ0n) is 10.3. The summed E-state index contributed by atoms with van der Waals surface area (Å²) in [5.41, 5.74) is 1.49. The first-order chi connectivity index (χ1) is 9.03. The van der Waals surface area contributed by atoms with Gasteiger partial charge in [-0.3, -0.25) is 4.72 Å². The molecule has 0 unspecified atom stereocenters. The van der Waals surface area contributed by atoms with Crippen molar-refractivity contribution in [1.82, 2.24) is 0 Å². The molecule has 5 heteroatoms. The van der Waals surface area contributed by atoms with E-state index in [9.17, 15) is 8.42 Å². The molecule has 0 fully saturated rings. The summed E-state index contributed by atoms with van der Waals surface area (Å²) in [4.78, 5) is 0.176. The molecule has 96 valence electrons. The Kier molecular flexibility index (Phi) is 3.54. The first-order valence-corrected chi connectivity index (χ1v) is 7.10. The highest BCUT2D eigenvalue weighted by Crippen LogP contribution is 2.20. The Morgan fingerprint density at radius 1 is 1.11 bits per heavy atom. The number of rotatable bonds is 3. The second kappa shape index (κ2) is 5.12. The minimum absolute atomic E-state index is 0.176. The molecule has 2 rings (SSSR count). The van der Waals surface area contributed by atoms with Crippen LogP contribution >= 0.6 is 0 Å². The smallest absolute Gasteiger partial charge is 0.262 e. The summed E-state index contributed by atoms with van der Waals surface area (Å²) < 4.78 is 27.0. The van der Waals surface area contributed by atoms with Gasteiger partial charge in [0, 0.05) is 5.69 Å². The molecule has 0 saturated carbocycles. The van der Waals surface area contributed by atoms with Crippen molar-refractivity contribution in [2.24, 2.45) is 0 Å². The van der Waals surface area contributed by atoms with Crippen LogP contribution in [0.5, 0.6) is 0 Å². The summed E-state index contributed by atoms with van der Waals surface area (Å²) in [6.45, 7) is 1.67. The number of hydrogen-bond donors (Lipinski definition) is 1. The Balaban J connectivity index is 2.38. The Bertz CT molecular complexity index is 732. The average Bonchev–Trinajstić information content (AvgIpc) is 2.38. The van der Waals surface area contributed by atoms with Crippen LogP contribution in [0.15, 0.2) is 53.4 Å². The number of nitrogens with zero attached hydrogens (tertiary/aromatic N) is 1. The maximum Gasteiger partial charge on any atom is 0.262 e. The van der Waals surface area contributed by atoms with Gasteiger partial charge in [0.05, 0.1) is 16.5 Å². The number of benzene rings is 2. The number of para-hydroxylation sites is 1. The van der Waals surface area contributed by atoms with Gasteiger partial charge in [-0.05, 0) is 42.8 Å². The van der Waals surface area contributed by atoms with E-state index in [1.54, 1.807) is 37.3 Å². The maximum atomic E-state index is 12.2. The van der Waals surface area contributed by atoms with Gasteiger partial charge in [-0.25, -0.2) is 8.42 Å². The van der Waals surface area contributed by atoms with Gasteiger partial charge >= 0.3 is 0 Å². The molecule has 2 aromatic rings. The number of nitriles is 1. The third-order valence-corrected chi connectivity index (χ3v) is 4.16. The zero-order valence-corrected chi connectivity index (χ0v) is 11.1. The van der Waals surface area contributed by atoms with Crippen LogP contribution in [0.3, 0.4) is 0 Å². The second-order valence-electron chi connectivity index (χ2n) is 4.06. The predicted octanol–water partition coefficient (Wildman–Crippen LogP) is 2.67. The predicted molar refractivity (Wildman–Crippen MR) is 73.1 cm³/mol. The molecule has 0 aromatic heterocycles. The van der Waals surface area contributed by atoms with Crippen LogP contribution in [-0.4, -0.2) is 8.42 Å². The highest BCUT2D eigenvalue weighted by molar-refractivity contribution is 7.92. The molecular weight excluding hydrogens is 260 g/mol. The molecule has 4 nitrogen and oxygen atoms in total. The van der Waals surface area contributed by atoms with Crippen molar-refractivity contribution in [2.45, 2.75) is 11.8 Å². The summed E-state index contributed by atoms with van der Waals surface area (Å²) >= 11 is 0. The lowest BCUT2D eigenvalue weighted by molar-refractivity contribution is 0.600. The van der Waals surface area contributed by atoms with Crippen molar-refractivity contribution < 1.29 is 8.42 Å². The molecule has 0 saturated heterocycles. The van der Waals surface area contributed by atoms with Crippen molar-refractivity contribution in [3.63, 3.8) is 0 Å². The fraction of sp³-hybridized carbons (Fsp3) is 0.0714. The SMILES string of the molecule is Cc1cc(C#N)ccc1S(=O)(=O)Nc1ccccc1. The van der Waals surface area contributed by atoms with E-state index in [2.05, 4.69) is 4.72 Å². The minimum Gasteiger partial charge on any atom is -0.280 e. The lowest BCUT2D eigenvalue weighted by Gasteiger charge is -2.10. The number of nitrogens with one attached hydrogen (secondary N) is 1. The van der Waals surface area contributed by atoms with E-state index < -0.39 is 10.0 Å². The fourth-order valence-electron chi connectivity index (χ4n) is 1.74. The van der Waals surface area contributed by atoms with E-state index in [0.717, 1.165) is 0 Å². The molecule has 0 amide bonds. The summed E-state index contributed by atoms with van der Waals surface area (Å²) in [7, 11) is -3.63. The van der Waals surface area contributed by atoms with E-state index in [4.69, 9.17) is 5.26 Å².